The van der Waals surface area contributed by atoms with E-state index in [0.29, 0.717) is 5.69 Å². The van der Waals surface area contributed by atoms with Crippen molar-refractivity contribution in [2.75, 3.05) is 11.9 Å². The first-order valence-corrected chi connectivity index (χ1v) is 6.23. The van der Waals surface area contributed by atoms with E-state index in [2.05, 4.69) is 22.1 Å². The van der Waals surface area contributed by atoms with Crippen LogP contribution >= 0.6 is 0 Å². The summed E-state index contributed by atoms with van der Waals surface area (Å²) in [6.07, 6.45) is 1.59. The molecule has 0 spiro atoms. The van der Waals surface area contributed by atoms with Gasteiger partial charge in [-0.1, -0.05) is 11.8 Å². The number of hydrogen-bond acceptors (Lipinski definition) is 3. The third kappa shape index (κ3) is 3.88. The Hall–Kier alpha value is -2.71. The maximum atomic E-state index is 13.2. The summed E-state index contributed by atoms with van der Waals surface area (Å²) in [6.45, 7) is 1.45. The lowest BCUT2D eigenvalue weighted by Crippen LogP contribution is -2.14. The monoisotopic (exact) mass is 284 g/mol. The van der Waals surface area contributed by atoms with Crippen molar-refractivity contribution in [3.63, 3.8) is 0 Å². The van der Waals surface area contributed by atoms with Gasteiger partial charge in [0.05, 0.1) is 5.56 Å². The largest absolute Gasteiger partial charge is 0.384 e. The van der Waals surface area contributed by atoms with Crippen molar-refractivity contribution in [1.29, 1.82) is 0 Å². The minimum absolute atomic E-state index is 0.229. The summed E-state index contributed by atoms with van der Waals surface area (Å²) < 4.78 is 13.2. The normalized spacial score (nSPS) is 9.67. The molecule has 0 fully saturated rings. The zero-order valence-corrected chi connectivity index (χ0v) is 11.4. The van der Waals surface area contributed by atoms with Gasteiger partial charge < -0.3 is 10.4 Å². The zero-order valence-electron chi connectivity index (χ0n) is 11.4. The lowest BCUT2D eigenvalue weighted by molar-refractivity contribution is 0.102. The summed E-state index contributed by atoms with van der Waals surface area (Å²) in [5.41, 5.74) is 1.84. The highest BCUT2D eigenvalue weighted by molar-refractivity contribution is 6.06. The number of nitrogens with zero attached hydrogens (tertiary/aromatic N) is 1. The Morgan fingerprint density at radius 2 is 2.19 bits per heavy atom. The second kappa shape index (κ2) is 6.64. The van der Waals surface area contributed by atoms with Crippen LogP contribution in [0.1, 0.15) is 21.6 Å². The van der Waals surface area contributed by atoms with E-state index >= 15 is 0 Å². The molecule has 0 atom stereocenters. The summed E-state index contributed by atoms with van der Waals surface area (Å²) >= 11 is 0. The molecule has 2 N–H and O–H groups in total. The van der Waals surface area contributed by atoms with Gasteiger partial charge in [-0.25, -0.2) is 4.39 Å². The minimum Gasteiger partial charge on any atom is -0.384 e. The number of amides is 1. The molecule has 1 heterocycles. The van der Waals surface area contributed by atoms with Crippen molar-refractivity contribution >= 4 is 11.6 Å². The number of aliphatic hydroxyl groups is 1. The highest BCUT2D eigenvalue weighted by Gasteiger charge is 2.11. The fraction of sp³-hybridized carbons (Fsp3) is 0.125. The predicted molar refractivity (Wildman–Crippen MR) is 77.3 cm³/mol. The molecular formula is C16H13FN2O2. The van der Waals surface area contributed by atoms with Crippen LogP contribution < -0.4 is 5.32 Å². The van der Waals surface area contributed by atoms with Gasteiger partial charge in [-0.05, 0) is 37.3 Å². The number of anilines is 1. The number of halogens is 1. The molecule has 0 aliphatic carbocycles. The van der Waals surface area contributed by atoms with E-state index in [9.17, 15) is 9.18 Å². The molecule has 0 saturated heterocycles. The zero-order chi connectivity index (χ0) is 15.2. The molecule has 4 nitrogen and oxygen atoms in total. The summed E-state index contributed by atoms with van der Waals surface area (Å²) in [5.74, 6) is 4.09. The number of aromatic nitrogens is 1. The van der Waals surface area contributed by atoms with Crippen LogP contribution in [0.4, 0.5) is 10.1 Å². The maximum Gasteiger partial charge on any atom is 0.256 e. The highest BCUT2D eigenvalue weighted by Crippen LogP contribution is 2.14. The van der Waals surface area contributed by atoms with E-state index in [4.69, 9.17) is 5.11 Å². The fourth-order valence-corrected chi connectivity index (χ4v) is 1.77. The molecule has 0 radical (unpaired) electrons. The van der Waals surface area contributed by atoms with E-state index in [0.717, 1.165) is 11.8 Å². The van der Waals surface area contributed by atoms with Gasteiger partial charge in [0.25, 0.3) is 5.91 Å². The number of rotatable bonds is 2. The molecule has 106 valence electrons. The first kappa shape index (κ1) is 14.7. The molecule has 0 saturated carbocycles. The third-order valence-corrected chi connectivity index (χ3v) is 2.68. The van der Waals surface area contributed by atoms with Crippen molar-refractivity contribution in [2.45, 2.75) is 6.92 Å². The lowest BCUT2D eigenvalue weighted by Gasteiger charge is -2.07. The van der Waals surface area contributed by atoms with Gasteiger partial charge in [0.15, 0.2) is 0 Å². The molecule has 0 bridgehead atoms. The van der Waals surface area contributed by atoms with E-state index in [-0.39, 0.29) is 17.7 Å². The van der Waals surface area contributed by atoms with Gasteiger partial charge in [-0.15, -0.1) is 0 Å². The number of benzene rings is 1. The quantitative estimate of drug-likeness (QED) is 0.830. The van der Waals surface area contributed by atoms with Gasteiger partial charge >= 0.3 is 0 Å². The van der Waals surface area contributed by atoms with E-state index in [1.54, 1.807) is 18.3 Å². The molecule has 1 aromatic carbocycles. The number of nitrogens with one attached hydrogen (secondary N) is 1. The number of hydrogen-bond donors (Lipinski definition) is 2. The summed E-state index contributed by atoms with van der Waals surface area (Å²) in [6, 6.07) is 7.10. The van der Waals surface area contributed by atoms with Gasteiger partial charge in [0, 0.05) is 23.1 Å². The molecule has 0 aliphatic rings. The van der Waals surface area contributed by atoms with Crippen molar-refractivity contribution in [3.05, 3.63) is 59.2 Å². The molecule has 21 heavy (non-hydrogen) atoms. The molecule has 1 amide bonds. The maximum absolute atomic E-state index is 13.2. The molecule has 1 aromatic heterocycles. The Balaban J connectivity index is 2.30. The SMILES string of the molecule is Cc1cc(NC(=O)c2ccc(F)cc2C#CCO)ccn1. The first-order valence-electron chi connectivity index (χ1n) is 6.23. The van der Waals surface area contributed by atoms with Crippen LogP contribution in [0.25, 0.3) is 0 Å². The van der Waals surface area contributed by atoms with Crippen molar-refractivity contribution in [1.82, 2.24) is 4.98 Å². The molecule has 0 unspecified atom stereocenters. The Labute approximate surface area is 121 Å². The molecule has 2 aromatic rings. The number of aliphatic hydroxyl groups excluding tert-OH is 1. The smallest absolute Gasteiger partial charge is 0.256 e. The van der Waals surface area contributed by atoms with Crippen LogP contribution in [0.2, 0.25) is 0 Å². The highest BCUT2D eigenvalue weighted by atomic mass is 19.1. The second-order valence-electron chi connectivity index (χ2n) is 4.29. The van der Waals surface area contributed by atoms with Crippen LogP contribution in [0.3, 0.4) is 0 Å². The second-order valence-corrected chi connectivity index (χ2v) is 4.29. The van der Waals surface area contributed by atoms with Crippen molar-refractivity contribution in [2.24, 2.45) is 0 Å². The Morgan fingerprint density at radius 1 is 1.38 bits per heavy atom. The van der Waals surface area contributed by atoms with Crippen LogP contribution in [0, 0.1) is 24.6 Å². The van der Waals surface area contributed by atoms with Crippen LogP contribution in [-0.4, -0.2) is 22.6 Å². The number of pyridine rings is 1. The summed E-state index contributed by atoms with van der Waals surface area (Å²) in [5, 5.41) is 11.4. The fourth-order valence-electron chi connectivity index (χ4n) is 1.77. The third-order valence-electron chi connectivity index (χ3n) is 2.68. The van der Waals surface area contributed by atoms with E-state index in [1.807, 2.05) is 6.92 Å². The predicted octanol–water partition coefficient (Wildman–Crippen LogP) is 2.13. The summed E-state index contributed by atoms with van der Waals surface area (Å²) in [7, 11) is 0. The molecular weight excluding hydrogens is 271 g/mol. The average Bonchev–Trinajstić information content (AvgIpc) is 2.45. The van der Waals surface area contributed by atoms with Gasteiger partial charge in [0.1, 0.15) is 12.4 Å². The topological polar surface area (TPSA) is 62.2 Å². The van der Waals surface area contributed by atoms with E-state index in [1.165, 1.54) is 12.1 Å². The number of carbonyl (C=O) groups is 1. The molecule has 2 rings (SSSR count). The van der Waals surface area contributed by atoms with Gasteiger partial charge in [0.2, 0.25) is 0 Å². The van der Waals surface area contributed by atoms with Crippen LogP contribution in [-0.2, 0) is 0 Å². The minimum atomic E-state index is -0.492. The average molecular weight is 284 g/mol. The Morgan fingerprint density at radius 3 is 2.90 bits per heavy atom. The van der Waals surface area contributed by atoms with Crippen LogP contribution in [0.15, 0.2) is 36.5 Å². The standard InChI is InChI=1S/C16H13FN2O2/c1-11-9-14(6-7-18-11)19-16(21)15-5-4-13(17)10-12(15)3-2-8-20/h4-7,9-10,20H,8H2,1H3,(H,18,19,21). The van der Waals surface area contributed by atoms with Gasteiger partial charge in [-0.2, -0.15) is 0 Å². The lowest BCUT2D eigenvalue weighted by atomic mass is 10.1. The van der Waals surface area contributed by atoms with Gasteiger partial charge in [-0.3, -0.25) is 9.78 Å². The van der Waals surface area contributed by atoms with Crippen molar-refractivity contribution in [3.8, 4) is 11.8 Å². The summed E-state index contributed by atoms with van der Waals surface area (Å²) in [4.78, 5) is 16.3. The molecule has 0 aliphatic heterocycles. The number of aryl methyl sites for hydroxylation is 1. The first-order chi connectivity index (χ1) is 10.1. The number of carbonyl (C=O) groups excluding carboxylic acids is 1. The Kier molecular flexibility index (Phi) is 4.64. The van der Waals surface area contributed by atoms with Crippen LogP contribution in [0.5, 0.6) is 0 Å². The molecule has 5 heteroatoms. The van der Waals surface area contributed by atoms with Crippen molar-refractivity contribution < 1.29 is 14.3 Å². The Bertz CT molecular complexity index is 733. The van der Waals surface area contributed by atoms with E-state index < -0.39 is 11.7 Å².